The van der Waals surface area contributed by atoms with Crippen LogP contribution in [0, 0.1) is 5.92 Å². The molecule has 1 fully saturated rings. The Bertz CT molecular complexity index is 780. The summed E-state index contributed by atoms with van der Waals surface area (Å²) in [5.74, 6) is -6.33. The van der Waals surface area contributed by atoms with Crippen LogP contribution in [0.5, 0.6) is 0 Å². The van der Waals surface area contributed by atoms with Gasteiger partial charge in [-0.25, -0.2) is 0 Å². The molecule has 2 atom stereocenters. The number of amides is 1. The lowest BCUT2D eigenvalue weighted by atomic mass is 10.1. The molecule has 14 heteroatoms. The number of hydrogen-bond acceptors (Lipinski definition) is 4. The summed E-state index contributed by atoms with van der Waals surface area (Å²) in [6.45, 7) is -0.784. The summed E-state index contributed by atoms with van der Waals surface area (Å²) in [6, 6.07) is 0. The number of fused-ring (bicyclic) bond motifs is 3. The number of carbonyl (C=O) groups excluding carboxylic acids is 1. The first kappa shape index (κ1) is 18.5. The van der Waals surface area contributed by atoms with Gasteiger partial charge in [-0.3, -0.25) is 18.6 Å². The average molecular weight is 379 g/mol. The van der Waals surface area contributed by atoms with Crippen LogP contribution in [0.2, 0.25) is 0 Å². The number of aromatic nitrogens is 2. The molecule has 3 rings (SSSR count). The summed E-state index contributed by atoms with van der Waals surface area (Å²) >= 11 is 0. The molecule has 2 aliphatic rings. The highest BCUT2D eigenvalue weighted by molar-refractivity contribution is 7.79. The zero-order valence-corrected chi connectivity index (χ0v) is 12.3. The lowest BCUT2D eigenvalue weighted by molar-refractivity contribution is -0.142. The number of hydrogen-bond donors (Lipinski definition) is 3. The number of nitrogens with two attached hydrogens (primary N) is 1. The molecule has 1 heterocycles. The van der Waals surface area contributed by atoms with Gasteiger partial charge in [0, 0.05) is 11.5 Å². The molecule has 2 aliphatic carbocycles. The smallest absolute Gasteiger partial charge is 0.368 e. The van der Waals surface area contributed by atoms with Crippen LogP contribution in [-0.4, -0.2) is 33.2 Å². The van der Waals surface area contributed by atoms with Crippen molar-refractivity contribution in [3.63, 3.8) is 0 Å². The maximum Gasteiger partial charge on any atom is 0.435 e. The zero-order valence-electron chi connectivity index (χ0n) is 11.5. The Kier molecular flexibility index (Phi) is 4.13. The van der Waals surface area contributed by atoms with Gasteiger partial charge in [-0.15, -0.1) is 0 Å². The highest BCUT2D eigenvalue weighted by Gasteiger charge is 2.68. The largest absolute Gasteiger partial charge is 0.435 e. The summed E-state index contributed by atoms with van der Waals surface area (Å²) in [4.78, 5) is 10.8. The SMILES string of the molecule is NC(=O)Cn1nc(C(F)(F)F)c2c1C(F)(F)[C@@H]1C[C@H]21.O=S(=O)(O)O. The molecule has 1 amide bonds. The molecule has 1 aromatic rings. The molecular formula is C10H10F5N3O5S. The molecule has 136 valence electrons. The number of nitrogens with zero attached hydrogens (tertiary/aromatic N) is 2. The fourth-order valence-corrected chi connectivity index (χ4v) is 2.74. The highest BCUT2D eigenvalue weighted by atomic mass is 32.3. The molecule has 0 radical (unpaired) electrons. The number of rotatable bonds is 2. The van der Waals surface area contributed by atoms with E-state index in [2.05, 4.69) is 5.10 Å². The quantitative estimate of drug-likeness (QED) is 0.517. The molecule has 0 unspecified atom stereocenters. The predicted octanol–water partition coefficient (Wildman–Crippen LogP) is 0.943. The van der Waals surface area contributed by atoms with Gasteiger partial charge < -0.3 is 5.73 Å². The van der Waals surface area contributed by atoms with E-state index >= 15 is 0 Å². The van der Waals surface area contributed by atoms with Gasteiger partial charge in [0.25, 0.3) is 5.92 Å². The fraction of sp³-hybridized carbons (Fsp3) is 0.600. The standard InChI is InChI=1S/C10H8F5N3O.H2O4S/c11-9(12)4-1-3(4)6-7(10(13,14)15)17-18(8(6)9)2-5(16)19;1-5(2,3)4/h3-4H,1-2H2,(H2,16,19);(H2,1,2,3,4)/t3-,4+;/m0./s1. The van der Waals surface area contributed by atoms with Crippen LogP contribution in [0.4, 0.5) is 22.0 Å². The Hall–Kier alpha value is -1.80. The van der Waals surface area contributed by atoms with Crippen molar-refractivity contribution >= 4 is 16.3 Å². The van der Waals surface area contributed by atoms with Crippen LogP contribution < -0.4 is 5.73 Å². The summed E-state index contributed by atoms with van der Waals surface area (Å²) in [5.41, 5.74) is 2.25. The van der Waals surface area contributed by atoms with E-state index in [-0.39, 0.29) is 6.42 Å². The van der Waals surface area contributed by atoms with E-state index in [0.29, 0.717) is 4.68 Å². The van der Waals surface area contributed by atoms with E-state index in [1.807, 2.05) is 0 Å². The fourth-order valence-electron chi connectivity index (χ4n) is 2.74. The number of primary amides is 1. The van der Waals surface area contributed by atoms with Gasteiger partial charge in [-0.1, -0.05) is 0 Å². The summed E-state index contributed by atoms with van der Waals surface area (Å²) < 4.78 is 98.2. The summed E-state index contributed by atoms with van der Waals surface area (Å²) in [5, 5.41) is 3.13. The van der Waals surface area contributed by atoms with Crippen molar-refractivity contribution in [3.8, 4) is 0 Å². The zero-order chi connectivity index (χ0) is 18.7. The Morgan fingerprint density at radius 2 is 1.88 bits per heavy atom. The van der Waals surface area contributed by atoms with Crippen LogP contribution in [-0.2, 0) is 33.8 Å². The Balaban J connectivity index is 0.000000368. The van der Waals surface area contributed by atoms with Crippen LogP contribution >= 0.6 is 0 Å². The third kappa shape index (κ3) is 3.49. The van der Waals surface area contributed by atoms with Crippen molar-refractivity contribution in [1.82, 2.24) is 9.78 Å². The summed E-state index contributed by atoms with van der Waals surface area (Å²) in [7, 11) is -4.67. The van der Waals surface area contributed by atoms with Crippen molar-refractivity contribution in [1.29, 1.82) is 0 Å². The maximum atomic E-state index is 13.9. The predicted molar refractivity (Wildman–Crippen MR) is 65.3 cm³/mol. The van der Waals surface area contributed by atoms with Gasteiger partial charge in [-0.2, -0.15) is 35.5 Å². The van der Waals surface area contributed by atoms with Crippen molar-refractivity contribution < 1.29 is 44.3 Å². The molecule has 0 aromatic carbocycles. The second kappa shape index (κ2) is 5.35. The molecule has 4 N–H and O–H groups in total. The molecule has 1 saturated carbocycles. The van der Waals surface area contributed by atoms with Gasteiger partial charge in [-0.05, 0) is 12.3 Å². The highest BCUT2D eigenvalue weighted by Crippen LogP contribution is 2.68. The van der Waals surface area contributed by atoms with Crippen LogP contribution in [0.3, 0.4) is 0 Å². The molecule has 0 saturated heterocycles. The van der Waals surface area contributed by atoms with E-state index in [4.69, 9.17) is 23.3 Å². The summed E-state index contributed by atoms with van der Waals surface area (Å²) in [6.07, 6.45) is -4.80. The first-order chi connectivity index (χ1) is 10.6. The van der Waals surface area contributed by atoms with Crippen molar-refractivity contribution in [2.45, 2.75) is 31.0 Å². The lowest BCUT2D eigenvalue weighted by Gasteiger charge is -2.14. The van der Waals surface area contributed by atoms with Gasteiger partial charge >= 0.3 is 16.6 Å². The van der Waals surface area contributed by atoms with E-state index in [1.54, 1.807) is 0 Å². The van der Waals surface area contributed by atoms with Gasteiger partial charge in [0.05, 0.1) is 0 Å². The Labute approximate surface area is 131 Å². The maximum absolute atomic E-state index is 13.9. The van der Waals surface area contributed by atoms with Crippen LogP contribution in [0.15, 0.2) is 0 Å². The topological polar surface area (TPSA) is 136 Å². The number of halogens is 5. The minimum absolute atomic E-state index is 0.0192. The number of alkyl halides is 5. The first-order valence-corrected chi connectivity index (χ1v) is 7.58. The van der Waals surface area contributed by atoms with Crippen molar-refractivity contribution in [2.24, 2.45) is 11.7 Å². The molecule has 24 heavy (non-hydrogen) atoms. The van der Waals surface area contributed by atoms with Crippen molar-refractivity contribution in [3.05, 3.63) is 17.0 Å². The van der Waals surface area contributed by atoms with Crippen LogP contribution in [0.1, 0.15) is 29.3 Å². The van der Waals surface area contributed by atoms with E-state index in [1.165, 1.54) is 0 Å². The van der Waals surface area contributed by atoms with Gasteiger partial charge in [0.1, 0.15) is 12.2 Å². The lowest BCUT2D eigenvalue weighted by Crippen LogP contribution is -2.26. The molecule has 0 spiro atoms. The normalized spacial score (nSPS) is 23.8. The van der Waals surface area contributed by atoms with Crippen LogP contribution in [0.25, 0.3) is 0 Å². The molecule has 1 aromatic heterocycles. The van der Waals surface area contributed by atoms with E-state index in [9.17, 15) is 26.7 Å². The second-order valence-corrected chi connectivity index (χ2v) is 6.15. The van der Waals surface area contributed by atoms with E-state index < -0.39 is 63.7 Å². The van der Waals surface area contributed by atoms with Crippen molar-refractivity contribution in [2.75, 3.05) is 0 Å². The third-order valence-electron chi connectivity index (χ3n) is 3.51. The van der Waals surface area contributed by atoms with Gasteiger partial charge in [0.2, 0.25) is 5.91 Å². The Morgan fingerprint density at radius 1 is 1.38 bits per heavy atom. The Morgan fingerprint density at radius 3 is 2.29 bits per heavy atom. The third-order valence-corrected chi connectivity index (χ3v) is 3.51. The minimum atomic E-state index is -4.82. The molecule has 8 nitrogen and oxygen atoms in total. The minimum Gasteiger partial charge on any atom is -0.368 e. The second-order valence-electron chi connectivity index (χ2n) is 5.25. The molecule has 0 bridgehead atoms. The average Bonchev–Trinajstić information content (AvgIpc) is 2.95. The van der Waals surface area contributed by atoms with Gasteiger partial charge in [0.15, 0.2) is 5.69 Å². The van der Waals surface area contributed by atoms with E-state index in [0.717, 1.165) is 0 Å². The first-order valence-electron chi connectivity index (χ1n) is 6.18. The number of carbonyl (C=O) groups is 1. The molecule has 0 aliphatic heterocycles. The molecular weight excluding hydrogens is 369 g/mol. The monoisotopic (exact) mass is 379 g/mol.